The smallest absolute Gasteiger partial charge is 0.261 e. The van der Waals surface area contributed by atoms with Crippen molar-refractivity contribution in [1.82, 2.24) is 29.4 Å². The van der Waals surface area contributed by atoms with E-state index in [0.717, 1.165) is 11.3 Å². The number of hydrogen-bond acceptors (Lipinski definition) is 6. The van der Waals surface area contributed by atoms with Crippen molar-refractivity contribution in [2.24, 2.45) is 7.05 Å². The third-order valence-corrected chi connectivity index (χ3v) is 4.64. The van der Waals surface area contributed by atoms with E-state index < -0.39 is 0 Å². The number of nitrogens with zero attached hydrogens (tertiary/aromatic N) is 6. The normalized spacial score (nSPS) is 10.9. The quantitative estimate of drug-likeness (QED) is 0.460. The lowest BCUT2D eigenvalue weighted by Gasteiger charge is -2.07. The number of aromatic nitrogens is 6. The van der Waals surface area contributed by atoms with E-state index in [1.54, 1.807) is 34.8 Å². The van der Waals surface area contributed by atoms with Crippen molar-refractivity contribution in [3.63, 3.8) is 0 Å². The monoisotopic (exact) mass is 410 g/mol. The number of carbonyl (C=O) groups is 1. The van der Waals surface area contributed by atoms with E-state index in [9.17, 15) is 4.79 Å². The van der Waals surface area contributed by atoms with E-state index in [-0.39, 0.29) is 5.91 Å². The first-order valence-corrected chi connectivity index (χ1v) is 9.59. The molecule has 9 nitrogen and oxygen atoms in total. The summed E-state index contributed by atoms with van der Waals surface area (Å²) in [4.78, 5) is 21.8. The first-order chi connectivity index (χ1) is 15.2. The van der Waals surface area contributed by atoms with Crippen LogP contribution in [0.5, 0.6) is 0 Å². The molecule has 0 saturated carbocycles. The molecule has 3 heterocycles. The van der Waals surface area contributed by atoms with E-state index >= 15 is 0 Å². The van der Waals surface area contributed by atoms with Gasteiger partial charge in [0.15, 0.2) is 11.5 Å². The van der Waals surface area contributed by atoms with Gasteiger partial charge in [-0.05, 0) is 30.3 Å². The molecule has 0 radical (unpaired) electrons. The molecular weight excluding hydrogens is 392 g/mol. The second kappa shape index (κ2) is 7.71. The summed E-state index contributed by atoms with van der Waals surface area (Å²) in [5.74, 6) is 0.912. The van der Waals surface area contributed by atoms with Crippen LogP contribution >= 0.6 is 0 Å². The number of aryl methyl sites for hydroxylation is 1. The van der Waals surface area contributed by atoms with Crippen LogP contribution in [0.25, 0.3) is 17.0 Å². The molecule has 152 valence electrons. The predicted molar refractivity (Wildman–Crippen MR) is 117 cm³/mol. The Morgan fingerprint density at radius 1 is 1.00 bits per heavy atom. The molecule has 5 rings (SSSR count). The molecule has 0 spiro atoms. The van der Waals surface area contributed by atoms with Gasteiger partial charge in [-0.1, -0.05) is 30.3 Å². The standard InChI is InChI=1S/C22H18N8O/c1-29-14-23-20(28-29)15-6-5-9-17(12-15)26-22(31)18-13-24-30-11-10-19(27-21(18)30)25-16-7-3-2-4-8-16/h2-14H,1H3,(H,25,27)(H,26,31). The average molecular weight is 410 g/mol. The molecule has 0 unspecified atom stereocenters. The number of rotatable bonds is 5. The summed E-state index contributed by atoms with van der Waals surface area (Å²) in [6.07, 6.45) is 4.90. The van der Waals surface area contributed by atoms with Gasteiger partial charge in [0.1, 0.15) is 17.7 Å². The highest BCUT2D eigenvalue weighted by Gasteiger charge is 2.15. The lowest BCUT2D eigenvalue weighted by molar-refractivity contribution is 0.102. The molecule has 0 aliphatic rings. The number of anilines is 3. The van der Waals surface area contributed by atoms with Gasteiger partial charge in [0.25, 0.3) is 5.91 Å². The number of amides is 1. The van der Waals surface area contributed by atoms with E-state index in [0.29, 0.717) is 28.5 Å². The zero-order chi connectivity index (χ0) is 21.2. The van der Waals surface area contributed by atoms with Gasteiger partial charge in [-0.2, -0.15) is 10.2 Å². The van der Waals surface area contributed by atoms with Crippen LogP contribution < -0.4 is 10.6 Å². The number of fused-ring (bicyclic) bond motifs is 1. The molecule has 0 aliphatic carbocycles. The molecular formula is C22H18N8O. The maximum atomic E-state index is 13.0. The van der Waals surface area contributed by atoms with Crippen LogP contribution in [0.15, 0.2) is 79.4 Å². The van der Waals surface area contributed by atoms with Crippen LogP contribution in [0.2, 0.25) is 0 Å². The van der Waals surface area contributed by atoms with Gasteiger partial charge in [-0.3, -0.25) is 9.48 Å². The minimum absolute atomic E-state index is 0.300. The molecule has 9 heteroatoms. The van der Waals surface area contributed by atoms with Gasteiger partial charge in [0, 0.05) is 30.2 Å². The number of nitrogens with one attached hydrogen (secondary N) is 2. The Kier molecular flexibility index (Phi) is 4.60. The molecule has 2 aromatic carbocycles. The summed E-state index contributed by atoms with van der Waals surface area (Å²) in [6, 6.07) is 18.9. The topological polar surface area (TPSA) is 102 Å². The Labute approximate surface area is 177 Å². The average Bonchev–Trinajstić information content (AvgIpc) is 3.41. The highest BCUT2D eigenvalue weighted by atomic mass is 16.1. The van der Waals surface area contributed by atoms with Crippen LogP contribution in [-0.4, -0.2) is 35.3 Å². The van der Waals surface area contributed by atoms with E-state index in [4.69, 9.17) is 0 Å². The zero-order valence-corrected chi connectivity index (χ0v) is 16.6. The number of carbonyl (C=O) groups excluding carboxylic acids is 1. The molecule has 0 saturated heterocycles. The Morgan fingerprint density at radius 3 is 2.65 bits per heavy atom. The maximum absolute atomic E-state index is 13.0. The minimum Gasteiger partial charge on any atom is -0.340 e. The van der Waals surface area contributed by atoms with Crippen LogP contribution in [0.1, 0.15) is 10.4 Å². The fourth-order valence-corrected chi connectivity index (χ4v) is 3.17. The SMILES string of the molecule is Cn1cnc(-c2cccc(NC(=O)c3cnn4ccc(Nc5ccccc5)nc34)c2)n1. The Balaban J connectivity index is 1.40. The lowest BCUT2D eigenvalue weighted by Crippen LogP contribution is -2.12. The lowest BCUT2D eigenvalue weighted by atomic mass is 10.2. The molecule has 0 fully saturated rings. The van der Waals surface area contributed by atoms with Crippen molar-refractivity contribution in [3.8, 4) is 11.4 Å². The molecule has 5 aromatic rings. The van der Waals surface area contributed by atoms with Crippen molar-refractivity contribution in [2.75, 3.05) is 10.6 Å². The van der Waals surface area contributed by atoms with Crippen LogP contribution in [0, 0.1) is 0 Å². The van der Waals surface area contributed by atoms with Crippen LogP contribution in [-0.2, 0) is 7.05 Å². The number of benzene rings is 2. The van der Waals surface area contributed by atoms with Gasteiger partial charge < -0.3 is 10.6 Å². The molecule has 31 heavy (non-hydrogen) atoms. The first kappa shape index (κ1) is 18.5. The maximum Gasteiger partial charge on any atom is 0.261 e. The second-order valence-corrected chi connectivity index (χ2v) is 6.91. The van der Waals surface area contributed by atoms with E-state index in [2.05, 4.69) is 30.8 Å². The van der Waals surface area contributed by atoms with E-state index in [1.807, 2.05) is 54.6 Å². The van der Waals surface area contributed by atoms with Crippen molar-refractivity contribution < 1.29 is 4.79 Å². The molecule has 1 amide bonds. The summed E-state index contributed by atoms with van der Waals surface area (Å²) in [7, 11) is 1.81. The van der Waals surface area contributed by atoms with Gasteiger partial charge in [-0.25, -0.2) is 14.5 Å². The summed E-state index contributed by atoms with van der Waals surface area (Å²) in [5, 5.41) is 14.7. The van der Waals surface area contributed by atoms with Crippen molar-refractivity contribution >= 4 is 28.7 Å². The highest BCUT2D eigenvalue weighted by Crippen LogP contribution is 2.21. The fraction of sp³-hybridized carbons (Fsp3) is 0.0455. The van der Waals surface area contributed by atoms with Crippen molar-refractivity contribution in [2.45, 2.75) is 0 Å². The highest BCUT2D eigenvalue weighted by molar-refractivity contribution is 6.08. The minimum atomic E-state index is -0.300. The summed E-state index contributed by atoms with van der Waals surface area (Å²) < 4.78 is 3.20. The van der Waals surface area contributed by atoms with Gasteiger partial charge in [0.05, 0.1) is 6.20 Å². The largest absolute Gasteiger partial charge is 0.340 e. The molecule has 3 aromatic heterocycles. The van der Waals surface area contributed by atoms with Gasteiger partial charge in [0.2, 0.25) is 0 Å². The summed E-state index contributed by atoms with van der Waals surface area (Å²) in [5.41, 5.74) is 3.18. The Hall–Kier alpha value is -4.53. The van der Waals surface area contributed by atoms with Gasteiger partial charge in [-0.15, -0.1) is 0 Å². The summed E-state index contributed by atoms with van der Waals surface area (Å²) >= 11 is 0. The zero-order valence-electron chi connectivity index (χ0n) is 16.6. The molecule has 0 aliphatic heterocycles. The van der Waals surface area contributed by atoms with E-state index in [1.165, 1.54) is 6.20 Å². The van der Waals surface area contributed by atoms with Crippen molar-refractivity contribution in [1.29, 1.82) is 0 Å². The van der Waals surface area contributed by atoms with Crippen molar-refractivity contribution in [3.05, 3.63) is 84.9 Å². The van der Waals surface area contributed by atoms with Gasteiger partial charge >= 0.3 is 0 Å². The van der Waals surface area contributed by atoms with Crippen LogP contribution in [0.3, 0.4) is 0 Å². The van der Waals surface area contributed by atoms with Crippen LogP contribution in [0.4, 0.5) is 17.2 Å². The first-order valence-electron chi connectivity index (χ1n) is 9.59. The Bertz CT molecular complexity index is 1370. The molecule has 0 atom stereocenters. The molecule has 0 bridgehead atoms. The number of para-hydroxylation sites is 1. The predicted octanol–water partition coefficient (Wildman–Crippen LogP) is 3.52. The summed E-state index contributed by atoms with van der Waals surface area (Å²) in [6.45, 7) is 0. The number of hydrogen-bond donors (Lipinski definition) is 2. The fourth-order valence-electron chi connectivity index (χ4n) is 3.17. The third-order valence-electron chi connectivity index (χ3n) is 4.64. The third kappa shape index (κ3) is 3.84. The molecule has 2 N–H and O–H groups in total. The Morgan fingerprint density at radius 2 is 1.84 bits per heavy atom. The second-order valence-electron chi connectivity index (χ2n) is 6.91.